The number of nitrogens with zero attached hydrogens (tertiary/aromatic N) is 2. The van der Waals surface area contributed by atoms with Crippen molar-refractivity contribution in [2.45, 2.75) is 45.6 Å². The highest BCUT2D eigenvalue weighted by Crippen LogP contribution is 2.42. The molecule has 2 aliphatic heterocycles. The summed E-state index contributed by atoms with van der Waals surface area (Å²) >= 11 is 0. The molecule has 1 aromatic carbocycles. The fourth-order valence-corrected chi connectivity index (χ4v) is 3.88. The molecule has 0 saturated carbocycles. The predicted molar refractivity (Wildman–Crippen MR) is 92.5 cm³/mol. The molecule has 0 bridgehead atoms. The Morgan fingerprint density at radius 2 is 1.62 bits per heavy atom. The molecule has 0 fully saturated rings. The quantitative estimate of drug-likeness (QED) is 0.763. The van der Waals surface area contributed by atoms with E-state index in [9.17, 15) is 18.8 Å². The largest absolute Gasteiger partial charge is 0.481 e. The number of carbonyl (C=O) groups is 3. The van der Waals surface area contributed by atoms with Crippen molar-refractivity contribution in [3.05, 3.63) is 29.1 Å². The second kappa shape index (κ2) is 5.93. The number of ether oxygens (including phenoxy) is 1. The number of hydrogen-bond donors (Lipinski definition) is 0. The fourth-order valence-electron chi connectivity index (χ4n) is 3.88. The Hall–Kier alpha value is -2.70. The molecule has 2 heterocycles. The molecule has 1 aliphatic carbocycles. The number of anilines is 2. The molecule has 3 amide bonds. The summed E-state index contributed by atoms with van der Waals surface area (Å²) in [5, 5.41) is 0. The Labute approximate surface area is 150 Å². The molecule has 136 valence electrons. The normalized spacial score (nSPS) is 19.9. The number of rotatable bonds is 2. The molecule has 3 aliphatic rings. The summed E-state index contributed by atoms with van der Waals surface area (Å²) in [7, 11) is 0. The van der Waals surface area contributed by atoms with Gasteiger partial charge in [-0.25, -0.2) is 9.29 Å². The lowest BCUT2D eigenvalue weighted by Crippen LogP contribution is -2.43. The van der Waals surface area contributed by atoms with E-state index in [1.54, 1.807) is 0 Å². The first-order chi connectivity index (χ1) is 12.4. The predicted octanol–water partition coefficient (Wildman–Crippen LogP) is 2.70. The molecule has 4 rings (SSSR count). The zero-order valence-corrected chi connectivity index (χ0v) is 14.7. The summed E-state index contributed by atoms with van der Waals surface area (Å²) < 4.78 is 20.1. The lowest BCUT2D eigenvalue weighted by Gasteiger charge is -2.33. The minimum atomic E-state index is -0.719. The number of amides is 3. The monoisotopic (exact) mass is 358 g/mol. The average Bonchev–Trinajstić information content (AvgIpc) is 2.86. The van der Waals surface area contributed by atoms with Crippen molar-refractivity contribution in [1.29, 1.82) is 0 Å². The molecule has 0 N–H and O–H groups in total. The third-order valence-electron chi connectivity index (χ3n) is 5.06. The second-order valence-corrected chi connectivity index (χ2v) is 7.03. The molecule has 0 spiro atoms. The number of halogens is 1. The number of imide groups is 1. The average molecular weight is 358 g/mol. The maximum atomic E-state index is 14.7. The van der Waals surface area contributed by atoms with Gasteiger partial charge >= 0.3 is 0 Å². The molecule has 0 atom stereocenters. The minimum absolute atomic E-state index is 0.128. The number of fused-ring (bicyclic) bond motifs is 1. The van der Waals surface area contributed by atoms with E-state index < -0.39 is 17.6 Å². The molecule has 0 unspecified atom stereocenters. The summed E-state index contributed by atoms with van der Waals surface area (Å²) in [6.45, 7) is 3.51. The highest BCUT2D eigenvalue weighted by Gasteiger charge is 2.41. The van der Waals surface area contributed by atoms with Crippen LogP contribution in [0.25, 0.3) is 0 Å². The van der Waals surface area contributed by atoms with Crippen molar-refractivity contribution in [1.82, 2.24) is 0 Å². The van der Waals surface area contributed by atoms with Gasteiger partial charge in [0.25, 0.3) is 17.7 Å². The van der Waals surface area contributed by atoms with Crippen LogP contribution in [0.1, 0.15) is 39.5 Å². The van der Waals surface area contributed by atoms with E-state index >= 15 is 0 Å². The number of benzene rings is 1. The van der Waals surface area contributed by atoms with Crippen LogP contribution in [0.4, 0.5) is 15.8 Å². The van der Waals surface area contributed by atoms with Crippen molar-refractivity contribution in [3.8, 4) is 5.75 Å². The van der Waals surface area contributed by atoms with Crippen molar-refractivity contribution < 1.29 is 23.5 Å². The molecule has 7 heteroatoms. The lowest BCUT2D eigenvalue weighted by molar-refractivity contribution is -0.122. The van der Waals surface area contributed by atoms with Crippen molar-refractivity contribution in [2.75, 3.05) is 16.4 Å². The SMILES string of the molecule is CC(C)N1C(=O)COc2cc(F)c(N3C(=O)C4=C(CCCC4)C3=O)cc21. The molecule has 6 nitrogen and oxygen atoms in total. The third-order valence-corrected chi connectivity index (χ3v) is 5.06. The van der Waals surface area contributed by atoms with Gasteiger partial charge in [-0.05, 0) is 45.6 Å². The first kappa shape index (κ1) is 16.8. The minimum Gasteiger partial charge on any atom is -0.481 e. The van der Waals surface area contributed by atoms with Crippen LogP contribution in [0.2, 0.25) is 0 Å². The summed E-state index contributed by atoms with van der Waals surface area (Å²) in [6, 6.07) is 2.35. The Bertz CT molecular complexity index is 847. The van der Waals surface area contributed by atoms with E-state index in [1.165, 1.54) is 11.0 Å². The summed E-state index contributed by atoms with van der Waals surface area (Å²) in [5.74, 6) is -1.65. The molecule has 0 saturated heterocycles. The van der Waals surface area contributed by atoms with Crippen molar-refractivity contribution in [3.63, 3.8) is 0 Å². The van der Waals surface area contributed by atoms with Gasteiger partial charge in [-0.2, -0.15) is 0 Å². The first-order valence-electron chi connectivity index (χ1n) is 8.79. The van der Waals surface area contributed by atoms with Crippen LogP contribution in [-0.4, -0.2) is 30.4 Å². The van der Waals surface area contributed by atoms with Crippen molar-refractivity contribution >= 4 is 29.1 Å². The van der Waals surface area contributed by atoms with Gasteiger partial charge < -0.3 is 9.64 Å². The van der Waals surface area contributed by atoms with E-state index in [1.807, 2.05) is 13.8 Å². The standard InChI is InChI=1S/C19H19FN2O4/c1-10(2)21-15-8-14(13(20)7-16(15)26-9-17(21)23)22-18(24)11-5-3-4-6-12(11)19(22)25/h7-8,10H,3-6,9H2,1-2H3. The maximum Gasteiger partial charge on any atom is 0.265 e. The Balaban J connectivity index is 1.80. The van der Waals surface area contributed by atoms with E-state index in [2.05, 4.69) is 0 Å². The molecule has 0 aromatic heterocycles. The van der Waals surface area contributed by atoms with Gasteiger partial charge in [0.15, 0.2) is 12.4 Å². The molecular weight excluding hydrogens is 339 g/mol. The van der Waals surface area contributed by atoms with Gasteiger partial charge in [0.1, 0.15) is 5.75 Å². The van der Waals surface area contributed by atoms with Crippen molar-refractivity contribution in [2.24, 2.45) is 0 Å². The Morgan fingerprint density at radius 1 is 1.00 bits per heavy atom. The van der Waals surface area contributed by atoms with Gasteiger partial charge in [0.05, 0.1) is 11.4 Å². The summed E-state index contributed by atoms with van der Waals surface area (Å²) in [4.78, 5) is 40.0. The van der Waals surface area contributed by atoms with Crippen LogP contribution >= 0.6 is 0 Å². The first-order valence-corrected chi connectivity index (χ1v) is 8.79. The van der Waals surface area contributed by atoms with Gasteiger partial charge in [-0.1, -0.05) is 0 Å². The van der Waals surface area contributed by atoms with Gasteiger partial charge in [-0.15, -0.1) is 0 Å². The number of hydrogen-bond acceptors (Lipinski definition) is 4. The Kier molecular flexibility index (Phi) is 3.82. The topological polar surface area (TPSA) is 66.9 Å². The lowest BCUT2D eigenvalue weighted by atomic mass is 9.93. The van der Waals surface area contributed by atoms with Crippen LogP contribution in [0, 0.1) is 5.82 Å². The van der Waals surface area contributed by atoms with Crippen LogP contribution in [0.5, 0.6) is 5.75 Å². The third kappa shape index (κ3) is 2.34. The highest BCUT2D eigenvalue weighted by atomic mass is 19.1. The molecule has 26 heavy (non-hydrogen) atoms. The smallest absolute Gasteiger partial charge is 0.265 e. The van der Waals surface area contributed by atoms with E-state index in [0.29, 0.717) is 29.7 Å². The highest BCUT2D eigenvalue weighted by molar-refractivity contribution is 6.33. The molecular formula is C19H19FN2O4. The second-order valence-electron chi connectivity index (χ2n) is 7.03. The number of carbonyl (C=O) groups excluding carboxylic acids is 3. The fraction of sp³-hybridized carbons (Fsp3) is 0.421. The molecule has 1 aromatic rings. The van der Waals surface area contributed by atoms with E-state index in [-0.39, 0.29) is 30.0 Å². The van der Waals surface area contributed by atoms with E-state index in [4.69, 9.17) is 4.74 Å². The summed E-state index contributed by atoms with van der Waals surface area (Å²) in [5.41, 5.74) is 1.23. The zero-order chi connectivity index (χ0) is 18.6. The zero-order valence-electron chi connectivity index (χ0n) is 14.7. The Morgan fingerprint density at radius 3 is 2.19 bits per heavy atom. The molecule has 0 radical (unpaired) electrons. The van der Waals surface area contributed by atoms with Crippen LogP contribution in [0.3, 0.4) is 0 Å². The van der Waals surface area contributed by atoms with Crippen LogP contribution < -0.4 is 14.5 Å². The van der Waals surface area contributed by atoms with Crippen LogP contribution in [-0.2, 0) is 14.4 Å². The summed E-state index contributed by atoms with van der Waals surface area (Å²) in [6.07, 6.45) is 2.79. The maximum absolute atomic E-state index is 14.7. The van der Waals surface area contributed by atoms with Gasteiger partial charge in [-0.3, -0.25) is 14.4 Å². The van der Waals surface area contributed by atoms with Gasteiger partial charge in [0, 0.05) is 23.3 Å². The van der Waals surface area contributed by atoms with Gasteiger partial charge in [0.2, 0.25) is 0 Å². The van der Waals surface area contributed by atoms with Crippen LogP contribution in [0.15, 0.2) is 23.3 Å². The van der Waals surface area contributed by atoms with E-state index in [0.717, 1.165) is 23.8 Å².